The van der Waals surface area contributed by atoms with E-state index in [0.29, 0.717) is 12.5 Å². The van der Waals surface area contributed by atoms with Crippen LogP contribution >= 0.6 is 0 Å². The molecule has 2 heteroatoms. The zero-order valence-corrected chi connectivity index (χ0v) is 10.1. The van der Waals surface area contributed by atoms with Gasteiger partial charge in [0.05, 0.1) is 0 Å². The first-order valence-corrected chi connectivity index (χ1v) is 5.74. The molecule has 0 amide bonds. The Morgan fingerprint density at radius 1 is 1.29 bits per heavy atom. The Kier molecular flexibility index (Phi) is 3.96. The topological polar surface area (TPSA) is 23.5 Å². The molecule has 0 spiro atoms. The summed E-state index contributed by atoms with van der Waals surface area (Å²) in [5.41, 5.74) is 0.245. The number of hydrogen-bond donors (Lipinski definition) is 1. The molecular formula is C12H25NO. The summed E-state index contributed by atoms with van der Waals surface area (Å²) in [6.07, 6.45) is 2.50. The second kappa shape index (κ2) is 4.63. The van der Waals surface area contributed by atoms with Crippen molar-refractivity contribution < 1.29 is 5.11 Å². The smallest absolute Gasteiger partial charge is 0.0466 e. The third-order valence-electron chi connectivity index (χ3n) is 3.64. The van der Waals surface area contributed by atoms with Gasteiger partial charge in [-0.2, -0.15) is 0 Å². The Bertz CT molecular complexity index is 166. The summed E-state index contributed by atoms with van der Waals surface area (Å²) >= 11 is 0. The minimum atomic E-state index is 0.245. The van der Waals surface area contributed by atoms with Crippen LogP contribution in [0.5, 0.6) is 0 Å². The van der Waals surface area contributed by atoms with Gasteiger partial charge in [0.25, 0.3) is 0 Å². The molecular weight excluding hydrogens is 174 g/mol. The summed E-state index contributed by atoms with van der Waals surface area (Å²) in [6, 6.07) is 0. The van der Waals surface area contributed by atoms with Crippen molar-refractivity contribution in [3.63, 3.8) is 0 Å². The lowest BCUT2D eigenvalue weighted by Gasteiger charge is -2.40. The highest BCUT2D eigenvalue weighted by molar-refractivity contribution is 4.83. The summed E-state index contributed by atoms with van der Waals surface area (Å²) < 4.78 is 0. The lowest BCUT2D eigenvalue weighted by Crippen LogP contribution is -2.39. The first-order valence-electron chi connectivity index (χ1n) is 5.74. The number of hydrogen-bond acceptors (Lipinski definition) is 2. The molecule has 0 aliphatic carbocycles. The van der Waals surface area contributed by atoms with E-state index in [9.17, 15) is 5.11 Å². The number of aliphatic hydroxyl groups excluding tert-OH is 1. The van der Waals surface area contributed by atoms with Crippen LogP contribution in [-0.4, -0.2) is 36.8 Å². The molecule has 1 saturated heterocycles. The van der Waals surface area contributed by atoms with Gasteiger partial charge in [-0.25, -0.2) is 0 Å². The molecule has 84 valence electrons. The normalized spacial score (nSPS) is 23.8. The molecule has 1 N–H and O–H groups in total. The van der Waals surface area contributed by atoms with Crippen LogP contribution in [0.15, 0.2) is 0 Å². The van der Waals surface area contributed by atoms with E-state index in [1.54, 1.807) is 0 Å². The van der Waals surface area contributed by atoms with Gasteiger partial charge < -0.3 is 10.0 Å². The van der Waals surface area contributed by atoms with E-state index in [2.05, 4.69) is 32.7 Å². The standard InChI is InChI=1S/C12H25NO/c1-12(2,3)11(9-14)10-5-7-13(4)8-6-10/h10-11,14H,5-9H2,1-4H3. The average molecular weight is 199 g/mol. The molecule has 1 aliphatic heterocycles. The van der Waals surface area contributed by atoms with E-state index in [0.717, 1.165) is 5.92 Å². The monoisotopic (exact) mass is 199 g/mol. The summed E-state index contributed by atoms with van der Waals surface area (Å²) in [6.45, 7) is 9.46. The van der Waals surface area contributed by atoms with Gasteiger partial charge in [-0.1, -0.05) is 20.8 Å². The van der Waals surface area contributed by atoms with Gasteiger partial charge in [0.2, 0.25) is 0 Å². The molecule has 0 radical (unpaired) electrons. The van der Waals surface area contributed by atoms with E-state index in [4.69, 9.17) is 0 Å². The molecule has 1 rings (SSSR count). The van der Waals surface area contributed by atoms with Crippen LogP contribution in [0.3, 0.4) is 0 Å². The van der Waals surface area contributed by atoms with E-state index in [1.807, 2.05) is 0 Å². The van der Waals surface area contributed by atoms with Crippen molar-refractivity contribution in [2.24, 2.45) is 17.3 Å². The Labute approximate surface area is 88.3 Å². The van der Waals surface area contributed by atoms with Gasteiger partial charge in [-0.3, -0.25) is 0 Å². The summed E-state index contributed by atoms with van der Waals surface area (Å²) in [4.78, 5) is 2.38. The van der Waals surface area contributed by atoms with Crippen LogP contribution in [-0.2, 0) is 0 Å². The SMILES string of the molecule is CN1CCC(C(CO)C(C)(C)C)CC1. The van der Waals surface area contributed by atoms with Crippen LogP contribution in [0.1, 0.15) is 33.6 Å². The van der Waals surface area contributed by atoms with Crippen LogP contribution in [0.25, 0.3) is 0 Å². The molecule has 1 unspecified atom stereocenters. The van der Waals surface area contributed by atoms with Gasteiger partial charge in [0.1, 0.15) is 0 Å². The number of aliphatic hydroxyl groups is 1. The molecule has 1 aliphatic rings. The number of nitrogens with zero attached hydrogens (tertiary/aromatic N) is 1. The number of likely N-dealkylation sites (tertiary alicyclic amines) is 1. The minimum Gasteiger partial charge on any atom is -0.396 e. The highest BCUT2D eigenvalue weighted by Crippen LogP contribution is 2.36. The average Bonchev–Trinajstić information content (AvgIpc) is 2.07. The van der Waals surface area contributed by atoms with E-state index < -0.39 is 0 Å². The largest absolute Gasteiger partial charge is 0.396 e. The van der Waals surface area contributed by atoms with E-state index >= 15 is 0 Å². The Morgan fingerprint density at radius 3 is 2.14 bits per heavy atom. The number of piperidine rings is 1. The molecule has 2 nitrogen and oxygen atoms in total. The van der Waals surface area contributed by atoms with Gasteiger partial charge in [0, 0.05) is 6.61 Å². The second-order valence-corrected chi connectivity index (χ2v) is 5.80. The molecule has 1 heterocycles. The predicted molar refractivity (Wildman–Crippen MR) is 60.3 cm³/mol. The molecule has 14 heavy (non-hydrogen) atoms. The fraction of sp³-hybridized carbons (Fsp3) is 1.00. The van der Waals surface area contributed by atoms with Crippen LogP contribution in [0.4, 0.5) is 0 Å². The summed E-state index contributed by atoms with van der Waals surface area (Å²) in [5, 5.41) is 9.47. The van der Waals surface area contributed by atoms with Gasteiger partial charge in [-0.05, 0) is 50.2 Å². The van der Waals surface area contributed by atoms with Gasteiger partial charge in [-0.15, -0.1) is 0 Å². The maximum absolute atomic E-state index is 9.47. The quantitative estimate of drug-likeness (QED) is 0.735. The Balaban J connectivity index is 2.54. The van der Waals surface area contributed by atoms with Gasteiger partial charge in [0.15, 0.2) is 0 Å². The molecule has 0 aromatic heterocycles. The highest BCUT2D eigenvalue weighted by Gasteiger charge is 2.32. The predicted octanol–water partition coefficient (Wildman–Crippen LogP) is 1.98. The highest BCUT2D eigenvalue weighted by atomic mass is 16.3. The lowest BCUT2D eigenvalue weighted by molar-refractivity contribution is 0.0463. The summed E-state index contributed by atoms with van der Waals surface area (Å²) in [7, 11) is 2.18. The van der Waals surface area contributed by atoms with Crippen molar-refractivity contribution >= 4 is 0 Å². The summed E-state index contributed by atoms with van der Waals surface area (Å²) in [5.74, 6) is 1.19. The van der Waals surface area contributed by atoms with Crippen LogP contribution < -0.4 is 0 Å². The van der Waals surface area contributed by atoms with Crippen molar-refractivity contribution in [3.8, 4) is 0 Å². The fourth-order valence-electron chi connectivity index (χ4n) is 2.56. The van der Waals surface area contributed by atoms with E-state index in [-0.39, 0.29) is 5.41 Å². The molecule has 1 atom stereocenters. The third-order valence-corrected chi connectivity index (χ3v) is 3.64. The Morgan fingerprint density at radius 2 is 1.79 bits per heavy atom. The fourth-order valence-corrected chi connectivity index (χ4v) is 2.56. The maximum Gasteiger partial charge on any atom is 0.0466 e. The first-order chi connectivity index (χ1) is 6.45. The molecule has 1 fully saturated rings. The zero-order chi connectivity index (χ0) is 10.8. The molecule has 0 bridgehead atoms. The molecule has 0 saturated carbocycles. The maximum atomic E-state index is 9.47. The molecule has 0 aromatic carbocycles. The molecule has 0 aromatic rings. The first kappa shape index (κ1) is 12.0. The van der Waals surface area contributed by atoms with Crippen molar-refractivity contribution in [2.45, 2.75) is 33.6 Å². The Hall–Kier alpha value is -0.0800. The second-order valence-electron chi connectivity index (χ2n) is 5.80. The third kappa shape index (κ3) is 2.96. The van der Waals surface area contributed by atoms with E-state index in [1.165, 1.54) is 25.9 Å². The van der Waals surface area contributed by atoms with Gasteiger partial charge >= 0.3 is 0 Å². The van der Waals surface area contributed by atoms with Crippen molar-refractivity contribution in [1.29, 1.82) is 0 Å². The lowest BCUT2D eigenvalue weighted by atomic mass is 9.70. The number of rotatable bonds is 2. The van der Waals surface area contributed by atoms with Crippen LogP contribution in [0, 0.1) is 17.3 Å². The minimum absolute atomic E-state index is 0.245. The van der Waals surface area contributed by atoms with Crippen molar-refractivity contribution in [2.75, 3.05) is 26.7 Å². The van der Waals surface area contributed by atoms with Crippen molar-refractivity contribution in [3.05, 3.63) is 0 Å². The zero-order valence-electron chi connectivity index (χ0n) is 10.1. The van der Waals surface area contributed by atoms with Crippen molar-refractivity contribution in [1.82, 2.24) is 4.90 Å². The van der Waals surface area contributed by atoms with Crippen LogP contribution in [0.2, 0.25) is 0 Å².